The van der Waals surface area contributed by atoms with Gasteiger partial charge in [0.1, 0.15) is 0 Å². The molecule has 0 saturated carbocycles. The summed E-state index contributed by atoms with van der Waals surface area (Å²) in [5, 5.41) is 0. The Balaban J connectivity index is 0. The van der Waals surface area contributed by atoms with Gasteiger partial charge in [0.05, 0.1) is 6.10 Å². The highest BCUT2D eigenvalue weighted by atomic mass is 35.5. The van der Waals surface area contributed by atoms with Gasteiger partial charge >= 0.3 is 0 Å². The molecule has 0 heterocycles. The molecule has 58 valence electrons. The molecule has 0 saturated heterocycles. The quantitative estimate of drug-likeness (QED) is 0.659. The Kier molecular flexibility index (Phi) is 10.9. The van der Waals surface area contributed by atoms with Crippen LogP contribution in [0.1, 0.15) is 20.3 Å². The zero-order valence-electron chi connectivity index (χ0n) is 6.09. The largest absolute Gasteiger partial charge is 0.377 e. The number of rotatable bonds is 4. The Morgan fingerprint density at radius 2 is 2.00 bits per heavy atom. The second-order valence-corrected chi connectivity index (χ2v) is 1.72. The molecule has 0 spiro atoms. The lowest BCUT2D eigenvalue weighted by Crippen LogP contribution is -2.22. The lowest BCUT2D eigenvalue weighted by atomic mass is 10.3. The summed E-state index contributed by atoms with van der Waals surface area (Å²) in [4.78, 5) is 0. The Hall–Kier alpha value is 0.210. The maximum atomic E-state index is 5.34. The molecule has 0 amide bonds. The van der Waals surface area contributed by atoms with Gasteiger partial charge in [-0.1, -0.05) is 6.92 Å². The number of hydrogen-bond acceptors (Lipinski definition) is 2. The van der Waals surface area contributed by atoms with Gasteiger partial charge in [0, 0.05) is 13.2 Å². The van der Waals surface area contributed by atoms with Crippen molar-refractivity contribution in [3.05, 3.63) is 0 Å². The monoisotopic (exact) mass is 153 g/mol. The van der Waals surface area contributed by atoms with Crippen LogP contribution in [0.2, 0.25) is 0 Å². The van der Waals surface area contributed by atoms with Crippen LogP contribution in [0, 0.1) is 0 Å². The second kappa shape index (κ2) is 8.21. The molecule has 2 nitrogen and oxygen atoms in total. The van der Waals surface area contributed by atoms with Gasteiger partial charge in [-0.3, -0.25) is 0 Å². The van der Waals surface area contributed by atoms with Crippen molar-refractivity contribution in [3.8, 4) is 0 Å². The first-order chi connectivity index (χ1) is 3.85. The molecule has 0 fully saturated rings. The van der Waals surface area contributed by atoms with Crippen LogP contribution in [-0.4, -0.2) is 19.3 Å². The first-order valence-electron chi connectivity index (χ1n) is 3.16. The molecule has 2 N–H and O–H groups in total. The summed E-state index contributed by atoms with van der Waals surface area (Å²) >= 11 is 0. The first-order valence-corrected chi connectivity index (χ1v) is 3.16. The Morgan fingerprint density at radius 3 is 2.11 bits per heavy atom. The molecule has 0 aliphatic carbocycles. The molecular weight excluding hydrogens is 138 g/mol. The third kappa shape index (κ3) is 6.09. The third-order valence-electron chi connectivity index (χ3n) is 1.12. The molecule has 1 unspecified atom stereocenters. The van der Waals surface area contributed by atoms with Crippen molar-refractivity contribution in [2.24, 2.45) is 5.73 Å². The van der Waals surface area contributed by atoms with Gasteiger partial charge in [-0.15, -0.1) is 12.4 Å². The van der Waals surface area contributed by atoms with Crippen molar-refractivity contribution in [2.45, 2.75) is 26.4 Å². The Labute approximate surface area is 63.2 Å². The van der Waals surface area contributed by atoms with E-state index in [1.54, 1.807) is 0 Å². The second-order valence-electron chi connectivity index (χ2n) is 1.72. The van der Waals surface area contributed by atoms with Crippen molar-refractivity contribution >= 4 is 12.4 Å². The molecule has 0 aliphatic heterocycles. The fourth-order valence-corrected chi connectivity index (χ4v) is 0.588. The van der Waals surface area contributed by atoms with E-state index in [4.69, 9.17) is 10.5 Å². The minimum atomic E-state index is 0. The van der Waals surface area contributed by atoms with E-state index < -0.39 is 0 Å². The van der Waals surface area contributed by atoms with Crippen LogP contribution in [0.5, 0.6) is 0 Å². The van der Waals surface area contributed by atoms with E-state index in [-0.39, 0.29) is 18.5 Å². The van der Waals surface area contributed by atoms with E-state index in [9.17, 15) is 0 Å². The van der Waals surface area contributed by atoms with Crippen molar-refractivity contribution in [1.29, 1.82) is 0 Å². The standard InChI is InChI=1S/C6H15NO.ClH/c1-3-6(5-7)8-4-2;/h6H,3-5,7H2,1-2H3;1H. The fourth-order valence-electron chi connectivity index (χ4n) is 0.588. The summed E-state index contributed by atoms with van der Waals surface area (Å²) in [6, 6.07) is 0. The van der Waals surface area contributed by atoms with Crippen LogP contribution in [0.4, 0.5) is 0 Å². The summed E-state index contributed by atoms with van der Waals surface area (Å²) < 4.78 is 5.22. The van der Waals surface area contributed by atoms with E-state index in [1.165, 1.54) is 0 Å². The maximum Gasteiger partial charge on any atom is 0.0694 e. The molecule has 1 atom stereocenters. The summed E-state index contributed by atoms with van der Waals surface area (Å²) in [5.41, 5.74) is 5.34. The molecule has 0 aromatic carbocycles. The molecule has 0 rings (SSSR count). The van der Waals surface area contributed by atoms with Gasteiger partial charge in [-0.2, -0.15) is 0 Å². The third-order valence-corrected chi connectivity index (χ3v) is 1.12. The maximum absolute atomic E-state index is 5.34. The Morgan fingerprint density at radius 1 is 1.44 bits per heavy atom. The highest BCUT2D eigenvalue weighted by molar-refractivity contribution is 5.85. The SMILES string of the molecule is CCOC(CC)CN.Cl. The van der Waals surface area contributed by atoms with Crippen LogP contribution in [-0.2, 0) is 4.74 Å². The highest BCUT2D eigenvalue weighted by Gasteiger charge is 1.98. The van der Waals surface area contributed by atoms with Gasteiger partial charge in [0.15, 0.2) is 0 Å². The molecular formula is C6H16ClNO. The van der Waals surface area contributed by atoms with Gasteiger partial charge in [0.2, 0.25) is 0 Å². The predicted molar refractivity (Wildman–Crippen MR) is 42.0 cm³/mol. The molecule has 0 bridgehead atoms. The number of ether oxygens (including phenoxy) is 1. The molecule has 0 aromatic rings. The van der Waals surface area contributed by atoms with Crippen molar-refractivity contribution in [3.63, 3.8) is 0 Å². The highest BCUT2D eigenvalue weighted by Crippen LogP contribution is 1.92. The zero-order valence-corrected chi connectivity index (χ0v) is 6.91. The van der Waals surface area contributed by atoms with E-state index in [1.807, 2.05) is 6.92 Å². The van der Waals surface area contributed by atoms with Crippen molar-refractivity contribution < 1.29 is 4.74 Å². The molecule has 9 heavy (non-hydrogen) atoms. The number of nitrogens with two attached hydrogens (primary N) is 1. The normalized spacial score (nSPS) is 12.3. The molecule has 0 radical (unpaired) electrons. The van der Waals surface area contributed by atoms with E-state index >= 15 is 0 Å². The summed E-state index contributed by atoms with van der Waals surface area (Å²) in [5.74, 6) is 0. The van der Waals surface area contributed by atoms with Gasteiger partial charge < -0.3 is 10.5 Å². The average molecular weight is 154 g/mol. The van der Waals surface area contributed by atoms with Gasteiger partial charge in [-0.25, -0.2) is 0 Å². The molecule has 0 aliphatic rings. The van der Waals surface area contributed by atoms with Crippen LogP contribution in [0.3, 0.4) is 0 Å². The zero-order chi connectivity index (χ0) is 6.41. The average Bonchev–Trinajstić information content (AvgIpc) is 1.83. The van der Waals surface area contributed by atoms with Crippen molar-refractivity contribution in [2.75, 3.05) is 13.2 Å². The Bertz CT molecular complexity index is 48.3. The molecule has 3 heteroatoms. The summed E-state index contributed by atoms with van der Waals surface area (Å²) in [7, 11) is 0. The summed E-state index contributed by atoms with van der Waals surface area (Å²) in [6.07, 6.45) is 1.30. The van der Waals surface area contributed by atoms with E-state index in [0.29, 0.717) is 6.54 Å². The van der Waals surface area contributed by atoms with Crippen LogP contribution in [0.25, 0.3) is 0 Å². The predicted octanol–water partition coefficient (Wildman–Crippen LogP) is 1.18. The van der Waals surface area contributed by atoms with Gasteiger partial charge in [0.25, 0.3) is 0 Å². The van der Waals surface area contributed by atoms with E-state index in [2.05, 4.69) is 6.92 Å². The summed E-state index contributed by atoms with van der Waals surface area (Å²) in [6.45, 7) is 5.48. The minimum Gasteiger partial charge on any atom is -0.377 e. The van der Waals surface area contributed by atoms with Crippen LogP contribution < -0.4 is 5.73 Å². The van der Waals surface area contributed by atoms with Crippen LogP contribution >= 0.6 is 12.4 Å². The minimum absolute atomic E-state index is 0. The van der Waals surface area contributed by atoms with Crippen LogP contribution in [0.15, 0.2) is 0 Å². The van der Waals surface area contributed by atoms with Gasteiger partial charge in [-0.05, 0) is 13.3 Å². The lowest BCUT2D eigenvalue weighted by Gasteiger charge is -2.10. The number of halogens is 1. The molecule has 0 aromatic heterocycles. The lowest BCUT2D eigenvalue weighted by molar-refractivity contribution is 0.0666. The fraction of sp³-hybridized carbons (Fsp3) is 1.00. The van der Waals surface area contributed by atoms with E-state index in [0.717, 1.165) is 13.0 Å². The smallest absolute Gasteiger partial charge is 0.0694 e. The number of hydrogen-bond donors (Lipinski definition) is 1. The van der Waals surface area contributed by atoms with Crippen molar-refractivity contribution in [1.82, 2.24) is 0 Å². The topological polar surface area (TPSA) is 35.2 Å². The first kappa shape index (κ1) is 11.9.